The van der Waals surface area contributed by atoms with Gasteiger partial charge in [0.25, 0.3) is 0 Å². The Labute approximate surface area is 180 Å². The van der Waals surface area contributed by atoms with E-state index in [4.69, 9.17) is 0 Å². The molecule has 0 aliphatic heterocycles. The summed E-state index contributed by atoms with van der Waals surface area (Å²) in [5.41, 5.74) is 3.58. The smallest absolute Gasteiger partial charge is 0.0549 e. The molecule has 3 aliphatic carbocycles. The number of hydrogen-bond donors (Lipinski definition) is 1. The summed E-state index contributed by atoms with van der Waals surface area (Å²) < 4.78 is 0. The molecule has 1 nitrogen and oxygen atoms in total. The Kier molecular flexibility index (Phi) is 7.52. The summed E-state index contributed by atoms with van der Waals surface area (Å²) in [5.74, 6) is 4.17. The Balaban J connectivity index is 1.68. The Morgan fingerprint density at radius 2 is 1.86 bits per heavy atom. The van der Waals surface area contributed by atoms with Crippen LogP contribution in [0.1, 0.15) is 92.4 Å². The number of fused-ring (bicyclic) bond motifs is 1. The fourth-order valence-electron chi connectivity index (χ4n) is 6.62. The van der Waals surface area contributed by atoms with Crippen LogP contribution in [0.15, 0.2) is 36.0 Å². The number of hydrogen-bond acceptors (Lipinski definition) is 1. The Hall–Kier alpha value is -0.820. The SMILES string of the molecule is C=C1CC[C@H](O)CC1C/C=C1\CCC[C@]2(C)[C@@H]([C@H](C)/C=C/[C@H](C)C(C)C)CC[C@@H]12. The van der Waals surface area contributed by atoms with Crippen molar-refractivity contribution in [2.24, 2.45) is 40.9 Å². The van der Waals surface area contributed by atoms with Crippen molar-refractivity contribution >= 4 is 0 Å². The van der Waals surface area contributed by atoms with E-state index in [-0.39, 0.29) is 6.10 Å². The predicted molar refractivity (Wildman–Crippen MR) is 126 cm³/mol. The summed E-state index contributed by atoms with van der Waals surface area (Å²) in [6.45, 7) is 16.4. The lowest BCUT2D eigenvalue weighted by atomic mass is 9.61. The van der Waals surface area contributed by atoms with Gasteiger partial charge < -0.3 is 5.11 Å². The standard InChI is InChI=1S/C28H46O/c1-19(2)20(3)9-10-22(5)26-15-16-27-23(8-7-17-28(26,27)6)12-13-24-18-25(29)14-11-21(24)4/h9-10,12,19-20,22,24-27,29H,4,7-8,11,13-18H2,1-3,5-6H3/b10-9+,23-12+/t20-,22+,24?,25-,26+,27-,28+/m0/s1. The summed E-state index contributed by atoms with van der Waals surface area (Å²) in [4.78, 5) is 0. The van der Waals surface area contributed by atoms with Gasteiger partial charge in [0.15, 0.2) is 0 Å². The van der Waals surface area contributed by atoms with Crippen LogP contribution >= 0.6 is 0 Å². The first-order valence-corrected chi connectivity index (χ1v) is 12.4. The van der Waals surface area contributed by atoms with Gasteiger partial charge in [-0.3, -0.25) is 0 Å². The van der Waals surface area contributed by atoms with Gasteiger partial charge in [-0.15, -0.1) is 0 Å². The summed E-state index contributed by atoms with van der Waals surface area (Å²) in [7, 11) is 0. The van der Waals surface area contributed by atoms with Gasteiger partial charge in [0, 0.05) is 0 Å². The van der Waals surface area contributed by atoms with Crippen molar-refractivity contribution < 1.29 is 5.11 Å². The Morgan fingerprint density at radius 3 is 2.59 bits per heavy atom. The van der Waals surface area contributed by atoms with Crippen LogP contribution in [0, 0.1) is 40.9 Å². The van der Waals surface area contributed by atoms with Gasteiger partial charge in [-0.2, -0.15) is 0 Å². The van der Waals surface area contributed by atoms with E-state index in [1.807, 2.05) is 0 Å². The molecule has 0 aromatic rings. The molecule has 1 heteroatoms. The largest absolute Gasteiger partial charge is 0.393 e. The van der Waals surface area contributed by atoms with Crippen molar-refractivity contribution in [1.29, 1.82) is 0 Å². The highest BCUT2D eigenvalue weighted by Gasteiger charge is 2.50. The first kappa shape index (κ1) is 22.9. The molecule has 3 aliphatic rings. The monoisotopic (exact) mass is 398 g/mol. The molecule has 1 N–H and O–H groups in total. The molecule has 1 unspecified atom stereocenters. The maximum absolute atomic E-state index is 10.1. The molecule has 29 heavy (non-hydrogen) atoms. The van der Waals surface area contributed by atoms with Crippen LogP contribution in [0.3, 0.4) is 0 Å². The van der Waals surface area contributed by atoms with E-state index in [9.17, 15) is 5.11 Å². The summed E-state index contributed by atoms with van der Waals surface area (Å²) in [6.07, 6.45) is 18.2. The van der Waals surface area contributed by atoms with Gasteiger partial charge in [-0.1, -0.05) is 70.6 Å². The first-order chi connectivity index (χ1) is 13.7. The maximum atomic E-state index is 10.1. The second-order valence-electron chi connectivity index (χ2n) is 11.2. The van der Waals surface area contributed by atoms with E-state index >= 15 is 0 Å². The van der Waals surface area contributed by atoms with Crippen LogP contribution in [0.4, 0.5) is 0 Å². The lowest BCUT2D eigenvalue weighted by Gasteiger charge is -2.44. The summed E-state index contributed by atoms with van der Waals surface area (Å²) >= 11 is 0. The molecule has 0 radical (unpaired) electrons. The topological polar surface area (TPSA) is 20.2 Å². The van der Waals surface area contributed by atoms with E-state index in [0.29, 0.717) is 23.2 Å². The van der Waals surface area contributed by atoms with Gasteiger partial charge in [-0.05, 0) is 98.7 Å². The molecule has 0 heterocycles. The van der Waals surface area contributed by atoms with Gasteiger partial charge in [-0.25, -0.2) is 0 Å². The van der Waals surface area contributed by atoms with Gasteiger partial charge >= 0.3 is 0 Å². The third-order valence-electron chi connectivity index (χ3n) is 9.04. The maximum Gasteiger partial charge on any atom is 0.0549 e. The zero-order valence-electron chi connectivity index (χ0n) is 19.8. The Bertz CT molecular complexity index is 626. The summed E-state index contributed by atoms with van der Waals surface area (Å²) in [5, 5.41) is 10.1. The minimum Gasteiger partial charge on any atom is -0.393 e. The molecule has 0 aromatic carbocycles. The molecule has 3 rings (SSSR count). The summed E-state index contributed by atoms with van der Waals surface area (Å²) in [6, 6.07) is 0. The molecule has 0 amide bonds. The van der Waals surface area contributed by atoms with E-state index in [1.165, 1.54) is 37.7 Å². The van der Waals surface area contributed by atoms with Gasteiger partial charge in [0.2, 0.25) is 0 Å². The van der Waals surface area contributed by atoms with Crippen molar-refractivity contribution in [2.75, 3.05) is 0 Å². The van der Waals surface area contributed by atoms with E-state index in [1.54, 1.807) is 5.57 Å². The zero-order valence-corrected chi connectivity index (χ0v) is 19.8. The zero-order chi connectivity index (χ0) is 21.2. The molecule has 0 aromatic heterocycles. The van der Waals surface area contributed by atoms with E-state index in [0.717, 1.165) is 43.4 Å². The van der Waals surface area contributed by atoms with Crippen molar-refractivity contribution in [2.45, 2.75) is 98.5 Å². The lowest BCUT2D eigenvalue weighted by Crippen LogP contribution is -2.35. The van der Waals surface area contributed by atoms with Crippen molar-refractivity contribution in [3.05, 3.63) is 36.0 Å². The highest BCUT2D eigenvalue weighted by atomic mass is 16.3. The first-order valence-electron chi connectivity index (χ1n) is 12.4. The van der Waals surface area contributed by atoms with Crippen molar-refractivity contribution in [1.82, 2.24) is 0 Å². The van der Waals surface area contributed by atoms with Crippen LogP contribution in [-0.2, 0) is 0 Å². The minimum atomic E-state index is -0.114. The molecule has 3 saturated carbocycles. The van der Waals surface area contributed by atoms with Gasteiger partial charge in [0.05, 0.1) is 6.10 Å². The quantitative estimate of drug-likeness (QED) is 0.454. The number of aliphatic hydroxyl groups excluding tert-OH is 1. The molecule has 3 fully saturated rings. The van der Waals surface area contributed by atoms with Crippen LogP contribution in [0.5, 0.6) is 0 Å². The van der Waals surface area contributed by atoms with Crippen LogP contribution in [-0.4, -0.2) is 11.2 Å². The average molecular weight is 399 g/mol. The second-order valence-corrected chi connectivity index (χ2v) is 11.2. The van der Waals surface area contributed by atoms with Crippen molar-refractivity contribution in [3.63, 3.8) is 0 Å². The number of allylic oxidation sites excluding steroid dienone is 5. The normalized spacial score (nSPS) is 39.3. The third kappa shape index (κ3) is 5.09. The number of rotatable bonds is 6. The Morgan fingerprint density at radius 1 is 1.10 bits per heavy atom. The molecule has 7 atom stereocenters. The van der Waals surface area contributed by atoms with Crippen LogP contribution in [0.2, 0.25) is 0 Å². The molecule has 164 valence electrons. The van der Waals surface area contributed by atoms with Crippen LogP contribution in [0.25, 0.3) is 0 Å². The lowest BCUT2D eigenvalue weighted by molar-refractivity contribution is 0.110. The van der Waals surface area contributed by atoms with Crippen molar-refractivity contribution in [3.8, 4) is 0 Å². The fourth-order valence-corrected chi connectivity index (χ4v) is 6.62. The highest BCUT2D eigenvalue weighted by molar-refractivity contribution is 5.21. The molecule has 0 bridgehead atoms. The predicted octanol–water partition coefficient (Wildman–Crippen LogP) is 7.72. The van der Waals surface area contributed by atoms with Gasteiger partial charge in [0.1, 0.15) is 0 Å². The van der Waals surface area contributed by atoms with Crippen LogP contribution < -0.4 is 0 Å². The average Bonchev–Trinajstić information content (AvgIpc) is 3.04. The second kappa shape index (κ2) is 9.54. The van der Waals surface area contributed by atoms with E-state index < -0.39 is 0 Å². The molecule has 0 spiro atoms. The molecule has 0 saturated heterocycles. The third-order valence-corrected chi connectivity index (χ3v) is 9.04. The molecular weight excluding hydrogens is 352 g/mol. The minimum absolute atomic E-state index is 0.114. The molecular formula is C28H46O. The highest BCUT2D eigenvalue weighted by Crippen LogP contribution is 2.59. The van der Waals surface area contributed by atoms with E-state index in [2.05, 4.69) is 59.4 Å². The number of aliphatic hydroxyl groups is 1. The fraction of sp³-hybridized carbons (Fsp3) is 0.786.